The van der Waals surface area contributed by atoms with Crippen LogP contribution in [0, 0.1) is 5.41 Å². The van der Waals surface area contributed by atoms with Crippen molar-refractivity contribution in [2.45, 2.75) is 60.4 Å². The first-order valence-corrected chi connectivity index (χ1v) is 8.32. The van der Waals surface area contributed by atoms with Gasteiger partial charge in [0.15, 0.2) is 5.69 Å². The summed E-state index contributed by atoms with van der Waals surface area (Å²) in [5.41, 5.74) is 0.346. The molecule has 1 aromatic rings. The van der Waals surface area contributed by atoms with Crippen LogP contribution in [0.4, 0.5) is 0 Å². The topological polar surface area (TPSA) is 58.4 Å². The van der Waals surface area contributed by atoms with Gasteiger partial charge in [-0.1, -0.05) is 39.8 Å². The molecule has 1 unspecified atom stereocenters. The quantitative estimate of drug-likeness (QED) is 0.761. The van der Waals surface area contributed by atoms with E-state index in [1.165, 1.54) is 0 Å². The zero-order valence-electron chi connectivity index (χ0n) is 14.9. The predicted octanol–water partition coefficient (Wildman–Crippen LogP) is 3.11. The molecule has 0 aliphatic rings. The van der Waals surface area contributed by atoms with E-state index in [-0.39, 0.29) is 17.4 Å². The molecule has 0 spiro atoms. The van der Waals surface area contributed by atoms with Crippen LogP contribution in [0.5, 0.6) is 0 Å². The van der Waals surface area contributed by atoms with E-state index < -0.39 is 0 Å². The summed E-state index contributed by atoms with van der Waals surface area (Å²) in [6, 6.07) is 1.76. The van der Waals surface area contributed by atoms with Crippen LogP contribution in [-0.4, -0.2) is 41.6 Å². The van der Waals surface area contributed by atoms with Crippen molar-refractivity contribution in [2.24, 2.45) is 5.41 Å². The largest absolute Gasteiger partial charge is 0.361 e. The van der Waals surface area contributed by atoms with Gasteiger partial charge in [0, 0.05) is 25.1 Å². The fourth-order valence-electron chi connectivity index (χ4n) is 2.43. The van der Waals surface area contributed by atoms with Crippen molar-refractivity contribution in [1.29, 1.82) is 0 Å². The second-order valence-electron chi connectivity index (χ2n) is 6.58. The summed E-state index contributed by atoms with van der Waals surface area (Å²) < 4.78 is 5.10. The highest BCUT2D eigenvalue weighted by Crippen LogP contribution is 2.22. The van der Waals surface area contributed by atoms with Gasteiger partial charge in [0.25, 0.3) is 5.91 Å². The molecular formula is C17H31N3O2. The number of amides is 1. The van der Waals surface area contributed by atoms with E-state index in [1.54, 1.807) is 6.07 Å². The lowest BCUT2D eigenvalue weighted by molar-refractivity contribution is 0.0859. The molecule has 0 radical (unpaired) electrons. The molecule has 1 N–H and O–H groups in total. The zero-order valence-corrected chi connectivity index (χ0v) is 14.9. The average molecular weight is 309 g/mol. The summed E-state index contributed by atoms with van der Waals surface area (Å²) >= 11 is 0. The van der Waals surface area contributed by atoms with Crippen molar-refractivity contribution in [3.05, 3.63) is 17.5 Å². The minimum atomic E-state index is -0.164. The second kappa shape index (κ2) is 8.32. The first-order valence-electron chi connectivity index (χ1n) is 8.32. The fraction of sp³-hybridized carbons (Fsp3) is 0.765. The van der Waals surface area contributed by atoms with Gasteiger partial charge in [-0.3, -0.25) is 4.79 Å². The van der Waals surface area contributed by atoms with Crippen LogP contribution in [0.3, 0.4) is 0 Å². The summed E-state index contributed by atoms with van der Waals surface area (Å²) in [6.45, 7) is 15.8. The Morgan fingerprint density at radius 3 is 2.59 bits per heavy atom. The Balaban J connectivity index is 2.64. The number of carbonyl (C=O) groups excluding carboxylic acids is 1. The van der Waals surface area contributed by atoms with Crippen molar-refractivity contribution >= 4 is 5.91 Å². The van der Waals surface area contributed by atoms with Crippen molar-refractivity contribution < 1.29 is 9.32 Å². The molecule has 0 saturated carbocycles. The Morgan fingerprint density at radius 2 is 2.09 bits per heavy atom. The second-order valence-corrected chi connectivity index (χ2v) is 6.58. The van der Waals surface area contributed by atoms with Gasteiger partial charge in [-0.15, -0.1) is 0 Å². The Morgan fingerprint density at radius 1 is 1.41 bits per heavy atom. The van der Waals surface area contributed by atoms with Crippen molar-refractivity contribution in [3.63, 3.8) is 0 Å². The Bertz CT molecular complexity index is 468. The van der Waals surface area contributed by atoms with Crippen molar-refractivity contribution in [1.82, 2.24) is 15.4 Å². The van der Waals surface area contributed by atoms with Crippen molar-refractivity contribution in [2.75, 3.05) is 19.6 Å². The molecule has 0 fully saturated rings. The predicted molar refractivity (Wildman–Crippen MR) is 89.0 cm³/mol. The first-order chi connectivity index (χ1) is 10.3. The SMILES string of the molecule is CCCN(CC)CC(C)(C)C(C)NC(=O)c1cc(CC)on1. The average Bonchev–Trinajstić information content (AvgIpc) is 2.95. The van der Waals surface area contributed by atoms with E-state index in [0.717, 1.165) is 38.2 Å². The number of aromatic nitrogens is 1. The van der Waals surface area contributed by atoms with E-state index in [2.05, 4.69) is 50.0 Å². The third kappa shape index (κ3) is 5.13. The number of hydrogen-bond donors (Lipinski definition) is 1. The van der Waals surface area contributed by atoms with Gasteiger partial charge < -0.3 is 14.7 Å². The highest BCUT2D eigenvalue weighted by Gasteiger charge is 2.29. The van der Waals surface area contributed by atoms with Crippen LogP contribution in [0.15, 0.2) is 10.6 Å². The number of aryl methyl sites for hydroxylation is 1. The molecule has 5 nitrogen and oxygen atoms in total. The number of hydrogen-bond acceptors (Lipinski definition) is 4. The van der Waals surface area contributed by atoms with E-state index in [9.17, 15) is 4.79 Å². The Hall–Kier alpha value is -1.36. The lowest BCUT2D eigenvalue weighted by Crippen LogP contribution is -2.48. The minimum absolute atomic E-state index is 0.0157. The summed E-state index contributed by atoms with van der Waals surface area (Å²) in [5, 5.41) is 6.89. The standard InChI is InChI=1S/C17H31N3O2/c1-7-10-20(9-3)12-17(5,6)13(4)18-16(21)15-11-14(8-2)22-19-15/h11,13H,7-10,12H2,1-6H3,(H,18,21). The molecule has 0 aliphatic heterocycles. The molecule has 126 valence electrons. The normalized spacial score (nSPS) is 13.4. The van der Waals surface area contributed by atoms with Gasteiger partial charge in [0.1, 0.15) is 5.76 Å². The Kier molecular flexibility index (Phi) is 7.07. The molecule has 1 rings (SSSR count). The van der Waals surface area contributed by atoms with Gasteiger partial charge >= 0.3 is 0 Å². The van der Waals surface area contributed by atoms with Crippen LogP contribution < -0.4 is 5.32 Å². The molecule has 22 heavy (non-hydrogen) atoms. The number of nitrogens with one attached hydrogen (secondary N) is 1. The lowest BCUT2D eigenvalue weighted by Gasteiger charge is -2.37. The van der Waals surface area contributed by atoms with E-state index >= 15 is 0 Å². The third-order valence-corrected chi connectivity index (χ3v) is 4.28. The molecule has 1 aromatic heterocycles. The minimum Gasteiger partial charge on any atom is -0.361 e. The molecule has 0 aromatic carbocycles. The van der Waals surface area contributed by atoms with Crippen LogP contribution in [0.25, 0.3) is 0 Å². The van der Waals surface area contributed by atoms with Crippen LogP contribution in [-0.2, 0) is 6.42 Å². The number of rotatable bonds is 9. The first kappa shape index (κ1) is 18.7. The van der Waals surface area contributed by atoms with Crippen LogP contribution >= 0.6 is 0 Å². The molecule has 0 saturated heterocycles. The molecule has 5 heteroatoms. The summed E-state index contributed by atoms with van der Waals surface area (Å²) in [4.78, 5) is 14.7. The molecule has 0 aliphatic carbocycles. The molecule has 0 bridgehead atoms. The third-order valence-electron chi connectivity index (χ3n) is 4.28. The highest BCUT2D eigenvalue weighted by molar-refractivity contribution is 5.92. The number of carbonyl (C=O) groups is 1. The van der Waals surface area contributed by atoms with Gasteiger partial charge in [-0.25, -0.2) is 0 Å². The van der Waals surface area contributed by atoms with Gasteiger partial charge in [-0.2, -0.15) is 0 Å². The molecule has 1 atom stereocenters. The maximum absolute atomic E-state index is 12.3. The monoisotopic (exact) mass is 309 g/mol. The molecule has 1 amide bonds. The van der Waals surface area contributed by atoms with E-state index in [4.69, 9.17) is 4.52 Å². The van der Waals surface area contributed by atoms with Gasteiger partial charge in [-0.05, 0) is 31.8 Å². The smallest absolute Gasteiger partial charge is 0.273 e. The lowest BCUT2D eigenvalue weighted by atomic mass is 9.84. The zero-order chi connectivity index (χ0) is 16.8. The van der Waals surface area contributed by atoms with Crippen molar-refractivity contribution in [3.8, 4) is 0 Å². The maximum Gasteiger partial charge on any atom is 0.273 e. The fourth-order valence-corrected chi connectivity index (χ4v) is 2.43. The summed E-state index contributed by atoms with van der Waals surface area (Å²) in [6.07, 6.45) is 1.88. The summed E-state index contributed by atoms with van der Waals surface area (Å²) in [7, 11) is 0. The van der Waals surface area contributed by atoms with Crippen LogP contribution in [0.1, 0.15) is 64.2 Å². The van der Waals surface area contributed by atoms with Gasteiger partial charge in [0.2, 0.25) is 0 Å². The maximum atomic E-state index is 12.3. The van der Waals surface area contributed by atoms with Gasteiger partial charge in [0.05, 0.1) is 0 Å². The van der Waals surface area contributed by atoms with E-state index in [0.29, 0.717) is 5.69 Å². The highest BCUT2D eigenvalue weighted by atomic mass is 16.5. The van der Waals surface area contributed by atoms with E-state index in [1.807, 2.05) is 6.92 Å². The molecular weight excluding hydrogens is 278 g/mol. The Labute approximate surface area is 134 Å². The summed E-state index contributed by atoms with van der Waals surface area (Å²) in [5.74, 6) is 0.569. The molecule has 1 heterocycles. The van der Waals surface area contributed by atoms with Crippen LogP contribution in [0.2, 0.25) is 0 Å². The number of nitrogens with zero attached hydrogens (tertiary/aromatic N) is 2.